The predicted octanol–water partition coefficient (Wildman–Crippen LogP) is 2.52. The van der Waals surface area contributed by atoms with Crippen molar-refractivity contribution >= 4 is 17.5 Å². The molecule has 8 atom stereocenters. The number of hydrazine groups is 1. The molecule has 0 aromatic heterocycles. The third-order valence-corrected chi connectivity index (χ3v) is 9.44. The minimum atomic E-state index is 0.142. The van der Waals surface area contributed by atoms with Gasteiger partial charge in [0.05, 0.1) is 30.4 Å². The van der Waals surface area contributed by atoms with E-state index in [9.17, 15) is 0 Å². The van der Waals surface area contributed by atoms with E-state index in [0.717, 1.165) is 19.6 Å². The zero-order chi connectivity index (χ0) is 19.3. The summed E-state index contributed by atoms with van der Waals surface area (Å²) in [6.45, 7) is 8.97. The number of nitrogens with zero attached hydrogens (tertiary/aromatic N) is 2. The topological polar surface area (TPSA) is 60.9 Å². The van der Waals surface area contributed by atoms with Crippen LogP contribution < -0.4 is 16.2 Å². The first kappa shape index (κ1) is 19.8. The van der Waals surface area contributed by atoms with Gasteiger partial charge in [0.15, 0.2) is 0 Å². The second-order valence-corrected chi connectivity index (χ2v) is 11.0. The van der Waals surface area contributed by atoms with E-state index in [1.807, 2.05) is 0 Å². The van der Waals surface area contributed by atoms with Gasteiger partial charge in [0.25, 0.3) is 0 Å². The highest BCUT2D eigenvalue weighted by atomic mass is 32.2. The Balaban J connectivity index is 1.52. The molecule has 0 amide bonds. The largest absolute Gasteiger partial charge is 0.362 e. The predicted molar refractivity (Wildman–Crippen MR) is 115 cm³/mol. The Kier molecular flexibility index (Phi) is 5.76. The van der Waals surface area contributed by atoms with Gasteiger partial charge in [0.1, 0.15) is 6.23 Å². The van der Waals surface area contributed by atoms with Crippen LogP contribution >= 0.6 is 11.8 Å². The normalized spacial score (nSPS) is 47.6. The van der Waals surface area contributed by atoms with Crippen molar-refractivity contribution in [3.63, 3.8) is 0 Å². The number of rotatable bonds is 3. The fourth-order valence-corrected chi connectivity index (χ4v) is 7.95. The van der Waals surface area contributed by atoms with Crippen LogP contribution in [0.5, 0.6) is 0 Å². The van der Waals surface area contributed by atoms with Crippen molar-refractivity contribution in [1.29, 1.82) is 0 Å². The average Bonchev–Trinajstić information content (AvgIpc) is 3.39. The van der Waals surface area contributed by atoms with Crippen LogP contribution in [0.25, 0.3) is 0 Å². The first-order valence-electron chi connectivity index (χ1n) is 11.5. The number of fused-ring (bicyclic) bond motifs is 3. The van der Waals surface area contributed by atoms with Gasteiger partial charge in [-0.15, -0.1) is 11.8 Å². The van der Waals surface area contributed by atoms with Crippen LogP contribution in [0.15, 0.2) is 4.99 Å². The number of nitrogens with one attached hydrogen (secondary N) is 3. The molecule has 0 bridgehead atoms. The molecule has 5 rings (SSSR count). The van der Waals surface area contributed by atoms with Crippen molar-refractivity contribution in [2.45, 2.75) is 94.5 Å². The quantitative estimate of drug-likeness (QED) is 0.668. The highest BCUT2D eigenvalue weighted by Crippen LogP contribution is 2.50. The van der Waals surface area contributed by atoms with E-state index < -0.39 is 0 Å². The summed E-state index contributed by atoms with van der Waals surface area (Å²) in [5, 5.41) is 4.72. The summed E-state index contributed by atoms with van der Waals surface area (Å²) in [4.78, 5) is 8.31. The molecule has 5 aliphatic rings. The zero-order valence-electron chi connectivity index (χ0n) is 17.6. The maximum Gasteiger partial charge on any atom is 0.110 e. The van der Waals surface area contributed by atoms with Gasteiger partial charge in [-0.25, -0.2) is 10.9 Å². The molecule has 158 valence electrons. The summed E-state index contributed by atoms with van der Waals surface area (Å²) < 4.78 is 5.93. The molecular weight excluding hydrogens is 370 g/mol. The van der Waals surface area contributed by atoms with Gasteiger partial charge in [-0.1, -0.05) is 33.1 Å². The Hall–Kier alpha value is -0.180. The Bertz CT molecular complexity index is 591. The molecule has 6 nitrogen and oxygen atoms in total. The van der Waals surface area contributed by atoms with Crippen molar-refractivity contribution in [3.05, 3.63) is 0 Å². The van der Waals surface area contributed by atoms with Gasteiger partial charge in [0, 0.05) is 29.8 Å². The molecule has 4 heterocycles. The van der Waals surface area contributed by atoms with E-state index in [0.29, 0.717) is 34.5 Å². The van der Waals surface area contributed by atoms with Crippen molar-refractivity contribution in [2.24, 2.45) is 22.7 Å². The van der Waals surface area contributed by atoms with Gasteiger partial charge >= 0.3 is 0 Å². The van der Waals surface area contributed by atoms with Crippen LogP contribution in [-0.4, -0.2) is 59.0 Å². The fraction of sp³-hybridized carbons (Fsp3) is 0.952. The van der Waals surface area contributed by atoms with E-state index in [2.05, 4.69) is 53.6 Å². The van der Waals surface area contributed by atoms with Crippen LogP contribution in [0.4, 0.5) is 0 Å². The molecule has 3 N–H and O–H groups in total. The maximum atomic E-state index is 5.93. The first-order chi connectivity index (χ1) is 13.6. The van der Waals surface area contributed by atoms with Crippen LogP contribution in [-0.2, 0) is 4.74 Å². The summed E-state index contributed by atoms with van der Waals surface area (Å²) in [5.41, 5.74) is 8.68. The standard InChI is InChI=1S/C21H37N5OS/c1-12-13(2)28-21-18(12)19(15-7-5-4-6-8-15)23-16(11-17-22-9-10-27-17)20-25-24-14(3)26(20)21/h12-18,20-22,24-25H,4-11H2,1-3H3. The van der Waals surface area contributed by atoms with E-state index in [1.54, 1.807) is 5.71 Å². The minimum Gasteiger partial charge on any atom is -0.362 e. The van der Waals surface area contributed by atoms with E-state index in [1.165, 1.54) is 32.1 Å². The Labute approximate surface area is 174 Å². The summed E-state index contributed by atoms with van der Waals surface area (Å²) in [7, 11) is 0. The molecule has 0 radical (unpaired) electrons. The summed E-state index contributed by atoms with van der Waals surface area (Å²) in [6, 6.07) is 0.235. The lowest BCUT2D eigenvalue weighted by molar-refractivity contribution is 0.0700. The Morgan fingerprint density at radius 1 is 1.14 bits per heavy atom. The van der Waals surface area contributed by atoms with Crippen LogP contribution in [0, 0.1) is 17.8 Å². The maximum absolute atomic E-state index is 5.93. The van der Waals surface area contributed by atoms with Crippen LogP contribution in [0.2, 0.25) is 0 Å². The van der Waals surface area contributed by atoms with Crippen molar-refractivity contribution in [3.8, 4) is 0 Å². The van der Waals surface area contributed by atoms with Crippen LogP contribution in [0.3, 0.4) is 0 Å². The second-order valence-electron chi connectivity index (χ2n) is 9.48. The smallest absolute Gasteiger partial charge is 0.110 e. The molecule has 3 saturated heterocycles. The highest BCUT2D eigenvalue weighted by molar-refractivity contribution is 8.00. The van der Waals surface area contributed by atoms with E-state index in [-0.39, 0.29) is 18.4 Å². The molecule has 4 aliphatic heterocycles. The number of ether oxygens (including phenoxy) is 1. The average molecular weight is 408 g/mol. The molecule has 0 aromatic carbocycles. The third-order valence-electron chi connectivity index (χ3n) is 7.76. The second kappa shape index (κ2) is 8.16. The summed E-state index contributed by atoms with van der Waals surface area (Å²) in [5.74, 6) is 1.96. The summed E-state index contributed by atoms with van der Waals surface area (Å²) >= 11 is 2.18. The van der Waals surface area contributed by atoms with Gasteiger partial charge in [-0.05, 0) is 31.6 Å². The molecule has 7 heteroatoms. The first-order valence-corrected chi connectivity index (χ1v) is 12.4. The van der Waals surface area contributed by atoms with Crippen LogP contribution in [0.1, 0.15) is 59.3 Å². The third kappa shape index (κ3) is 3.46. The lowest BCUT2D eigenvalue weighted by Crippen LogP contribution is -2.51. The SMILES string of the molecule is CC1SC2C(C(C3CCCCC3)=NC(CC3NCCO3)C3NNC(C)N32)C1C. The zero-order valence-corrected chi connectivity index (χ0v) is 18.4. The summed E-state index contributed by atoms with van der Waals surface area (Å²) in [6.07, 6.45) is 8.51. The molecule has 1 saturated carbocycles. The Morgan fingerprint density at radius 2 is 1.96 bits per heavy atom. The minimum absolute atomic E-state index is 0.142. The number of thioether (sulfide) groups is 1. The highest BCUT2D eigenvalue weighted by Gasteiger charge is 2.54. The molecular formula is C21H37N5OS. The molecule has 0 aromatic rings. The fourth-order valence-electron chi connectivity index (χ4n) is 6.08. The van der Waals surface area contributed by atoms with E-state index >= 15 is 0 Å². The number of hydrogen-bond donors (Lipinski definition) is 3. The number of hydrogen-bond acceptors (Lipinski definition) is 7. The Morgan fingerprint density at radius 3 is 2.71 bits per heavy atom. The van der Waals surface area contributed by atoms with Gasteiger partial charge < -0.3 is 4.74 Å². The van der Waals surface area contributed by atoms with Crippen molar-refractivity contribution in [2.75, 3.05) is 13.2 Å². The molecule has 28 heavy (non-hydrogen) atoms. The lowest BCUT2D eigenvalue weighted by Gasteiger charge is -2.36. The molecule has 1 aliphatic carbocycles. The molecule has 0 spiro atoms. The molecule has 8 unspecified atom stereocenters. The van der Waals surface area contributed by atoms with Crippen molar-refractivity contribution in [1.82, 2.24) is 21.1 Å². The lowest BCUT2D eigenvalue weighted by atomic mass is 9.76. The van der Waals surface area contributed by atoms with Gasteiger partial charge in [0.2, 0.25) is 0 Å². The molecule has 4 fully saturated rings. The van der Waals surface area contributed by atoms with Crippen molar-refractivity contribution < 1.29 is 4.74 Å². The monoisotopic (exact) mass is 407 g/mol. The number of aliphatic imine (C=N–C) groups is 1. The van der Waals surface area contributed by atoms with Gasteiger partial charge in [-0.3, -0.25) is 15.2 Å². The van der Waals surface area contributed by atoms with Gasteiger partial charge in [-0.2, -0.15) is 0 Å². The van der Waals surface area contributed by atoms with E-state index in [4.69, 9.17) is 9.73 Å².